The Labute approximate surface area is 166 Å². The first kappa shape index (κ1) is 20.0. The van der Waals surface area contributed by atoms with Crippen LogP contribution in [-0.4, -0.2) is 41.8 Å². The molecule has 0 saturated carbocycles. The molecule has 0 spiro atoms. The molecule has 148 valence electrons. The molecule has 2 aromatic carbocycles. The standard InChI is InChI=1S/C22H28N4O2/c27-26(28)18-22(24-21-9-5-2-6-10-21)23-14-11-19-12-15-25(16-13-19)17-20-7-3-1-4-8-20/h1-10,19H,11-18H2,(H,23,24). The smallest absolute Gasteiger partial charge is 0.260 e. The Balaban J connectivity index is 1.44. The molecular weight excluding hydrogens is 352 g/mol. The number of benzene rings is 2. The third kappa shape index (κ3) is 6.78. The third-order valence-corrected chi connectivity index (χ3v) is 5.14. The summed E-state index contributed by atoms with van der Waals surface area (Å²) in [7, 11) is 0. The summed E-state index contributed by atoms with van der Waals surface area (Å²) in [6.45, 7) is 3.58. The van der Waals surface area contributed by atoms with E-state index >= 15 is 0 Å². The molecule has 1 aliphatic rings. The Kier molecular flexibility index (Phi) is 7.55. The SMILES string of the molecule is O=[N+]([O-])CC(=NCCC1CCN(Cc2ccccc2)CC1)Nc1ccccc1. The molecule has 0 atom stereocenters. The molecule has 1 N–H and O–H groups in total. The van der Waals surface area contributed by atoms with E-state index in [4.69, 9.17) is 0 Å². The predicted molar refractivity (Wildman–Crippen MR) is 113 cm³/mol. The van der Waals surface area contributed by atoms with Crippen LogP contribution in [0.2, 0.25) is 0 Å². The minimum atomic E-state index is -0.336. The van der Waals surface area contributed by atoms with Gasteiger partial charge in [-0.2, -0.15) is 0 Å². The molecule has 0 aromatic heterocycles. The van der Waals surface area contributed by atoms with Crippen molar-refractivity contribution in [3.05, 3.63) is 76.3 Å². The number of rotatable bonds is 8. The zero-order valence-electron chi connectivity index (χ0n) is 16.2. The molecule has 0 aliphatic carbocycles. The normalized spacial score (nSPS) is 16.1. The minimum absolute atomic E-state index is 0.273. The molecule has 2 aromatic rings. The van der Waals surface area contributed by atoms with Crippen LogP contribution >= 0.6 is 0 Å². The van der Waals surface area contributed by atoms with Gasteiger partial charge in [0, 0.05) is 23.7 Å². The molecule has 0 unspecified atom stereocenters. The van der Waals surface area contributed by atoms with Crippen molar-refractivity contribution >= 4 is 11.5 Å². The molecule has 6 nitrogen and oxygen atoms in total. The summed E-state index contributed by atoms with van der Waals surface area (Å²) in [4.78, 5) is 17.6. The van der Waals surface area contributed by atoms with Crippen LogP contribution in [0.4, 0.5) is 5.69 Å². The van der Waals surface area contributed by atoms with Gasteiger partial charge in [0.1, 0.15) is 0 Å². The monoisotopic (exact) mass is 380 g/mol. The van der Waals surface area contributed by atoms with Crippen LogP contribution < -0.4 is 5.32 Å². The first-order valence-electron chi connectivity index (χ1n) is 9.92. The predicted octanol–water partition coefficient (Wildman–Crippen LogP) is 4.08. The Morgan fingerprint density at radius 1 is 1.07 bits per heavy atom. The van der Waals surface area contributed by atoms with Crippen molar-refractivity contribution in [3.8, 4) is 0 Å². The fourth-order valence-corrected chi connectivity index (χ4v) is 3.60. The summed E-state index contributed by atoms with van der Waals surface area (Å²) in [5.41, 5.74) is 2.19. The van der Waals surface area contributed by atoms with Gasteiger partial charge in [0.15, 0.2) is 5.84 Å². The van der Waals surface area contributed by atoms with Gasteiger partial charge >= 0.3 is 0 Å². The number of anilines is 1. The fraction of sp³-hybridized carbons (Fsp3) is 0.409. The number of hydrogen-bond donors (Lipinski definition) is 1. The summed E-state index contributed by atoms with van der Waals surface area (Å²) in [5, 5.41) is 14.0. The van der Waals surface area contributed by atoms with Crippen molar-refractivity contribution in [2.45, 2.75) is 25.8 Å². The lowest BCUT2D eigenvalue weighted by atomic mass is 9.93. The highest BCUT2D eigenvalue weighted by Crippen LogP contribution is 2.22. The van der Waals surface area contributed by atoms with Crippen molar-refractivity contribution in [2.75, 3.05) is 31.5 Å². The van der Waals surface area contributed by atoms with Gasteiger partial charge in [-0.25, -0.2) is 0 Å². The molecule has 6 heteroatoms. The number of nitro groups is 1. The van der Waals surface area contributed by atoms with E-state index in [0.29, 0.717) is 18.3 Å². The zero-order chi connectivity index (χ0) is 19.6. The molecule has 0 bridgehead atoms. The van der Waals surface area contributed by atoms with Gasteiger partial charge < -0.3 is 5.32 Å². The quantitative estimate of drug-likeness (QED) is 0.324. The van der Waals surface area contributed by atoms with E-state index in [1.165, 1.54) is 18.4 Å². The summed E-state index contributed by atoms with van der Waals surface area (Å²) >= 11 is 0. The van der Waals surface area contributed by atoms with Gasteiger partial charge in [-0.1, -0.05) is 48.5 Å². The molecule has 1 fully saturated rings. The molecule has 0 radical (unpaired) electrons. The number of likely N-dealkylation sites (tertiary alicyclic amines) is 1. The molecule has 1 heterocycles. The van der Waals surface area contributed by atoms with E-state index in [2.05, 4.69) is 45.5 Å². The number of hydrogen-bond acceptors (Lipinski definition) is 4. The Hall–Kier alpha value is -2.73. The van der Waals surface area contributed by atoms with Crippen LogP contribution in [0.5, 0.6) is 0 Å². The summed E-state index contributed by atoms with van der Waals surface area (Å²) in [5.74, 6) is 1.07. The second-order valence-electron chi connectivity index (χ2n) is 7.30. The van der Waals surface area contributed by atoms with Gasteiger partial charge in [-0.05, 0) is 56.0 Å². The molecule has 28 heavy (non-hydrogen) atoms. The van der Waals surface area contributed by atoms with E-state index in [0.717, 1.165) is 31.7 Å². The number of amidine groups is 1. The Bertz CT molecular complexity index is 757. The summed E-state index contributed by atoms with van der Waals surface area (Å²) < 4.78 is 0. The van der Waals surface area contributed by atoms with Gasteiger partial charge in [0.05, 0.1) is 0 Å². The highest BCUT2D eigenvalue weighted by atomic mass is 16.6. The first-order valence-corrected chi connectivity index (χ1v) is 9.92. The Morgan fingerprint density at radius 2 is 1.71 bits per heavy atom. The molecule has 0 amide bonds. The lowest BCUT2D eigenvalue weighted by molar-refractivity contribution is -0.463. The summed E-state index contributed by atoms with van der Waals surface area (Å²) in [6, 6.07) is 20.1. The Morgan fingerprint density at radius 3 is 2.36 bits per heavy atom. The maximum Gasteiger partial charge on any atom is 0.260 e. The minimum Gasteiger partial charge on any atom is -0.339 e. The van der Waals surface area contributed by atoms with Gasteiger partial charge in [-0.3, -0.25) is 20.0 Å². The first-order chi connectivity index (χ1) is 13.7. The highest BCUT2D eigenvalue weighted by molar-refractivity contribution is 5.96. The van der Waals surface area contributed by atoms with Crippen LogP contribution in [-0.2, 0) is 6.54 Å². The summed E-state index contributed by atoms with van der Waals surface area (Å²) in [6.07, 6.45) is 3.31. The number of piperidine rings is 1. The van der Waals surface area contributed by atoms with Crippen molar-refractivity contribution in [3.63, 3.8) is 0 Å². The average molecular weight is 380 g/mol. The highest BCUT2D eigenvalue weighted by Gasteiger charge is 2.19. The van der Waals surface area contributed by atoms with Crippen molar-refractivity contribution in [1.29, 1.82) is 0 Å². The largest absolute Gasteiger partial charge is 0.339 e. The molecular formula is C22H28N4O2. The van der Waals surface area contributed by atoms with Crippen LogP contribution in [0.25, 0.3) is 0 Å². The molecule has 1 saturated heterocycles. The van der Waals surface area contributed by atoms with Crippen molar-refractivity contribution < 1.29 is 4.92 Å². The zero-order valence-corrected chi connectivity index (χ0v) is 16.2. The van der Waals surface area contributed by atoms with Crippen LogP contribution in [0.15, 0.2) is 65.7 Å². The second-order valence-corrected chi connectivity index (χ2v) is 7.30. The number of nitrogens with one attached hydrogen (secondary N) is 1. The van der Waals surface area contributed by atoms with Gasteiger partial charge in [-0.15, -0.1) is 0 Å². The molecule has 3 rings (SSSR count). The van der Waals surface area contributed by atoms with E-state index in [-0.39, 0.29) is 11.5 Å². The van der Waals surface area contributed by atoms with Gasteiger partial charge in [0.25, 0.3) is 6.54 Å². The van der Waals surface area contributed by atoms with Gasteiger partial charge in [0.2, 0.25) is 0 Å². The maximum atomic E-state index is 10.9. The van der Waals surface area contributed by atoms with E-state index < -0.39 is 0 Å². The van der Waals surface area contributed by atoms with Crippen molar-refractivity contribution in [2.24, 2.45) is 10.9 Å². The average Bonchev–Trinajstić information content (AvgIpc) is 2.70. The second kappa shape index (κ2) is 10.6. The van der Waals surface area contributed by atoms with E-state index in [1.807, 2.05) is 30.3 Å². The number of aliphatic imine (C=N–C) groups is 1. The van der Waals surface area contributed by atoms with E-state index in [9.17, 15) is 10.1 Å². The number of nitrogens with zero attached hydrogens (tertiary/aromatic N) is 3. The topological polar surface area (TPSA) is 70.8 Å². The van der Waals surface area contributed by atoms with Crippen LogP contribution in [0, 0.1) is 16.0 Å². The van der Waals surface area contributed by atoms with E-state index in [1.54, 1.807) is 0 Å². The molecule has 1 aliphatic heterocycles. The number of para-hydroxylation sites is 1. The fourth-order valence-electron chi connectivity index (χ4n) is 3.60. The lowest BCUT2D eigenvalue weighted by Crippen LogP contribution is -2.33. The van der Waals surface area contributed by atoms with Crippen LogP contribution in [0.3, 0.4) is 0 Å². The maximum absolute atomic E-state index is 10.9. The lowest BCUT2D eigenvalue weighted by Gasteiger charge is -2.31. The van der Waals surface area contributed by atoms with Crippen LogP contribution in [0.1, 0.15) is 24.8 Å². The van der Waals surface area contributed by atoms with Crippen molar-refractivity contribution in [1.82, 2.24) is 4.90 Å². The third-order valence-electron chi connectivity index (χ3n) is 5.14.